The van der Waals surface area contributed by atoms with Crippen molar-refractivity contribution in [2.24, 2.45) is 0 Å². The largest absolute Gasteiger partial charge is 0.477 e. The number of carbonyl (C=O) groups excluding carboxylic acids is 2. The molecule has 0 spiro atoms. The summed E-state index contributed by atoms with van der Waals surface area (Å²) in [5.41, 5.74) is 0. The molecular formula is C37H62N2O27. The molecule has 22 atom stereocenters. The van der Waals surface area contributed by atoms with Crippen LogP contribution in [-0.4, -0.2) is 267 Å². The molecule has 382 valence electrons. The van der Waals surface area contributed by atoms with Gasteiger partial charge in [-0.15, -0.1) is 0 Å². The fraction of sp³-hybridized carbons (Fsp3) is 0.892. The summed E-state index contributed by atoms with van der Waals surface area (Å²) >= 11 is 0. The lowest BCUT2D eigenvalue weighted by Crippen LogP contribution is -2.72. The molecule has 4 heterocycles. The summed E-state index contributed by atoms with van der Waals surface area (Å²) in [6, 6.07) is -3.56. The van der Waals surface area contributed by atoms with E-state index in [0.717, 1.165) is 13.8 Å². The number of carboxylic acids is 2. The van der Waals surface area contributed by atoms with E-state index in [1.165, 1.54) is 0 Å². The molecular weight excluding hydrogens is 904 g/mol. The predicted molar refractivity (Wildman–Crippen MR) is 205 cm³/mol. The second-order valence-corrected chi connectivity index (χ2v) is 16.6. The molecule has 0 radical (unpaired) electrons. The van der Waals surface area contributed by atoms with Gasteiger partial charge in [-0.2, -0.15) is 0 Å². The maximum Gasteiger partial charge on any atom is 0.364 e. The van der Waals surface area contributed by atoms with Crippen molar-refractivity contribution in [3.63, 3.8) is 0 Å². The predicted octanol–water partition coefficient (Wildman–Crippen LogP) is -9.62. The lowest BCUT2D eigenvalue weighted by Gasteiger charge is -2.51. The van der Waals surface area contributed by atoms with E-state index in [1.807, 2.05) is 0 Å². The van der Waals surface area contributed by atoms with E-state index in [4.69, 9.17) is 37.9 Å². The van der Waals surface area contributed by atoms with Gasteiger partial charge in [-0.1, -0.05) is 0 Å². The van der Waals surface area contributed by atoms with Crippen LogP contribution in [0.2, 0.25) is 0 Å². The summed E-state index contributed by atoms with van der Waals surface area (Å²) in [5, 5.41) is 165. The molecule has 0 aromatic heterocycles. The summed E-state index contributed by atoms with van der Waals surface area (Å²) in [5.74, 6) is -12.6. The molecule has 17 N–H and O–H groups in total. The molecule has 0 aromatic rings. The molecule has 4 fully saturated rings. The maximum atomic E-state index is 13.2. The van der Waals surface area contributed by atoms with Crippen LogP contribution < -0.4 is 10.6 Å². The number of hydrogen-bond donors (Lipinski definition) is 17. The lowest BCUT2D eigenvalue weighted by atomic mass is 9.87. The highest BCUT2D eigenvalue weighted by Crippen LogP contribution is 2.40. The highest BCUT2D eigenvalue weighted by atomic mass is 16.8. The zero-order valence-electron chi connectivity index (χ0n) is 36.0. The van der Waals surface area contributed by atoms with Crippen LogP contribution in [0.25, 0.3) is 0 Å². The fourth-order valence-corrected chi connectivity index (χ4v) is 8.12. The lowest BCUT2D eigenvalue weighted by molar-refractivity contribution is -0.389. The Hall–Kier alpha value is -2.96. The zero-order chi connectivity index (χ0) is 49.7. The molecule has 0 aromatic carbocycles. The minimum atomic E-state index is -3.32. The monoisotopic (exact) mass is 966 g/mol. The third-order valence-corrected chi connectivity index (χ3v) is 11.4. The van der Waals surface area contributed by atoms with E-state index < -0.39 is 203 Å². The van der Waals surface area contributed by atoms with Crippen LogP contribution in [0.15, 0.2) is 0 Å². The molecule has 29 nitrogen and oxygen atoms in total. The van der Waals surface area contributed by atoms with Gasteiger partial charge >= 0.3 is 11.9 Å². The van der Waals surface area contributed by atoms with Crippen molar-refractivity contribution in [2.75, 3.05) is 26.4 Å². The highest BCUT2D eigenvalue weighted by molar-refractivity contribution is 5.77. The third kappa shape index (κ3) is 12.1. The van der Waals surface area contributed by atoms with Crippen molar-refractivity contribution in [1.29, 1.82) is 0 Å². The van der Waals surface area contributed by atoms with Gasteiger partial charge in [-0.05, 0) is 13.8 Å². The molecule has 7 unspecified atom stereocenters. The summed E-state index contributed by atoms with van der Waals surface area (Å²) in [6.45, 7) is 0.553. The first-order valence-corrected chi connectivity index (χ1v) is 20.7. The number of carbonyl (C=O) groups is 4. The number of rotatable bonds is 20. The van der Waals surface area contributed by atoms with Crippen molar-refractivity contribution < 1.29 is 134 Å². The first kappa shape index (κ1) is 55.6. The number of hydrogen-bond acceptors (Lipinski definition) is 25. The van der Waals surface area contributed by atoms with Gasteiger partial charge < -0.3 is 125 Å². The average Bonchev–Trinajstić information content (AvgIpc) is 3.25. The van der Waals surface area contributed by atoms with Crippen LogP contribution in [0.3, 0.4) is 0 Å². The Bertz CT molecular complexity index is 1630. The van der Waals surface area contributed by atoms with Crippen LogP contribution in [0.1, 0.15) is 40.5 Å². The summed E-state index contributed by atoms with van der Waals surface area (Å²) < 4.78 is 44.8. The van der Waals surface area contributed by atoms with E-state index in [-0.39, 0.29) is 0 Å². The van der Waals surface area contributed by atoms with E-state index in [1.54, 1.807) is 13.8 Å². The van der Waals surface area contributed by atoms with Crippen molar-refractivity contribution in [1.82, 2.24) is 10.6 Å². The second-order valence-electron chi connectivity index (χ2n) is 16.6. The van der Waals surface area contributed by atoms with E-state index in [2.05, 4.69) is 10.6 Å². The second kappa shape index (κ2) is 23.1. The highest BCUT2D eigenvalue weighted by Gasteiger charge is 2.62. The summed E-state index contributed by atoms with van der Waals surface area (Å²) in [4.78, 5) is 50.5. The smallest absolute Gasteiger partial charge is 0.364 e. The third-order valence-electron chi connectivity index (χ3n) is 11.4. The average molecular weight is 967 g/mol. The number of aliphatic hydroxyl groups excluding tert-OH is 13. The summed E-state index contributed by atoms with van der Waals surface area (Å²) in [7, 11) is 0. The Morgan fingerprint density at radius 3 is 1.62 bits per heavy atom. The van der Waals surface area contributed by atoms with Crippen LogP contribution >= 0.6 is 0 Å². The first-order chi connectivity index (χ1) is 30.8. The van der Waals surface area contributed by atoms with E-state index in [9.17, 15) is 95.8 Å². The molecule has 0 saturated carbocycles. The van der Waals surface area contributed by atoms with E-state index in [0.29, 0.717) is 0 Å². The number of aliphatic hydroxyl groups is 13. The Kier molecular flexibility index (Phi) is 19.5. The minimum Gasteiger partial charge on any atom is -0.477 e. The number of nitrogens with one attached hydrogen (secondary N) is 2. The Morgan fingerprint density at radius 2 is 1.15 bits per heavy atom. The molecule has 4 rings (SSSR count). The van der Waals surface area contributed by atoms with Gasteiger partial charge in [0, 0.05) is 26.7 Å². The molecule has 0 bridgehead atoms. The number of ether oxygens (including phenoxy) is 8. The van der Waals surface area contributed by atoms with Gasteiger partial charge in [-0.3, -0.25) is 9.59 Å². The first-order valence-electron chi connectivity index (χ1n) is 20.7. The molecule has 29 heteroatoms. The normalized spacial score (nSPS) is 41.6. The van der Waals surface area contributed by atoms with Crippen LogP contribution in [0.5, 0.6) is 0 Å². The van der Waals surface area contributed by atoms with Crippen molar-refractivity contribution in [2.45, 2.75) is 181 Å². The summed E-state index contributed by atoms with van der Waals surface area (Å²) in [6.07, 6.45) is -40.0. The van der Waals surface area contributed by atoms with Crippen molar-refractivity contribution in [3.8, 4) is 0 Å². The molecule has 0 aliphatic carbocycles. The Balaban J connectivity index is 1.70. The van der Waals surface area contributed by atoms with Crippen molar-refractivity contribution in [3.05, 3.63) is 0 Å². The Morgan fingerprint density at radius 1 is 0.652 bits per heavy atom. The van der Waals surface area contributed by atoms with Gasteiger partial charge in [0.2, 0.25) is 11.8 Å². The van der Waals surface area contributed by atoms with E-state index >= 15 is 0 Å². The maximum absolute atomic E-state index is 13.2. The van der Waals surface area contributed by atoms with Crippen LogP contribution in [0, 0.1) is 0 Å². The quantitative estimate of drug-likeness (QED) is 0.0539. The molecule has 4 saturated heterocycles. The van der Waals surface area contributed by atoms with Gasteiger partial charge in [0.05, 0.1) is 56.8 Å². The minimum absolute atomic E-state index is 0.534. The standard InChI is InChI=1S/C37H62N2O27/c1-11(2)59-32-26(53)25(52)28(19(10-43)61-32)62-33-27(54)31(23(50)17(8-41)60-33)66-37(35(57)58)6-15(47)21(39-13(4)45)30(65-37)24(51)18(9-42)63-36(34(55)56)5-14(46)20(38-12(3)44)29(64-36)22(49)16(48)7-40/h11,14-33,40-43,46-54H,5-10H2,1-4H3,(H,38,44)(H,39,45)(H,55,56)(H,57,58)/t14-,15-,16-,17?,18-,19?,20-,21-,22-,23+,24-,25?,26?,27+,28-,29?,30?,31?,32-,33+,36-,37+/m1/s1. The number of carboxylic acid groups (broad SMARTS) is 2. The molecule has 66 heavy (non-hydrogen) atoms. The number of amides is 2. The van der Waals surface area contributed by atoms with Gasteiger partial charge in [0.15, 0.2) is 12.6 Å². The van der Waals surface area contributed by atoms with Crippen LogP contribution in [-0.2, 0) is 57.1 Å². The van der Waals surface area contributed by atoms with Gasteiger partial charge in [-0.25, -0.2) is 9.59 Å². The number of aliphatic carboxylic acids is 2. The topological polar surface area (TPSA) is 470 Å². The SMILES string of the molecule is CC(=O)N[C@H]1C([C@H](O)[C@H](O)CO)O[C@@](O[C@H](CO)[C@@H](O)C2O[C@@](OC3[C@@H](O)C(CO)O[C@@H](O[C@@H]4C(CO)O[C@@H](OC(C)C)C(O)C4O)[C@H]3O)(C(=O)O)C[C@@H](O)[C@H]2NC(C)=O)(C(=O)O)C[C@H]1O. The molecule has 2 amide bonds. The van der Waals surface area contributed by atoms with Crippen molar-refractivity contribution >= 4 is 23.8 Å². The Labute approximate surface area is 374 Å². The van der Waals surface area contributed by atoms with Gasteiger partial charge in [0.25, 0.3) is 11.6 Å². The van der Waals surface area contributed by atoms with Crippen LogP contribution in [0.4, 0.5) is 0 Å². The fourth-order valence-electron chi connectivity index (χ4n) is 8.12. The zero-order valence-corrected chi connectivity index (χ0v) is 36.0. The van der Waals surface area contributed by atoms with Gasteiger partial charge in [0.1, 0.15) is 85.5 Å². The molecule has 4 aliphatic heterocycles. The molecule has 4 aliphatic rings.